The topological polar surface area (TPSA) is 70.7 Å². The van der Waals surface area contributed by atoms with Gasteiger partial charge < -0.3 is 15.4 Å². The molecule has 2 N–H and O–H groups in total. The van der Waals surface area contributed by atoms with Crippen LogP contribution in [0.25, 0.3) is 0 Å². The van der Waals surface area contributed by atoms with Crippen LogP contribution in [-0.2, 0) is 9.59 Å². The summed E-state index contributed by atoms with van der Waals surface area (Å²) in [6.07, 6.45) is -2.52. The van der Waals surface area contributed by atoms with E-state index in [-0.39, 0.29) is 24.1 Å². The fraction of sp³-hybridized carbons (Fsp3) is 0.529. The van der Waals surface area contributed by atoms with Gasteiger partial charge in [-0.25, -0.2) is 0 Å². The van der Waals surface area contributed by atoms with Gasteiger partial charge in [0.15, 0.2) is 0 Å². The average Bonchev–Trinajstić information content (AvgIpc) is 3.37. The molecule has 1 aromatic rings. The van der Waals surface area contributed by atoms with Crippen LogP contribution in [-0.4, -0.2) is 49.3 Å². The molecule has 0 radical (unpaired) electrons. The Morgan fingerprint density at radius 3 is 2.58 bits per heavy atom. The number of nitrogens with zero attached hydrogens (tertiary/aromatic N) is 1. The summed E-state index contributed by atoms with van der Waals surface area (Å²) in [7, 11) is 0. The van der Waals surface area contributed by atoms with Crippen molar-refractivity contribution in [2.45, 2.75) is 25.2 Å². The quantitative estimate of drug-likeness (QED) is 0.797. The van der Waals surface area contributed by atoms with Crippen molar-refractivity contribution in [3.05, 3.63) is 29.8 Å². The van der Waals surface area contributed by atoms with Crippen LogP contribution in [0.15, 0.2) is 24.3 Å². The number of ether oxygens (including phenoxy) is 1. The van der Waals surface area contributed by atoms with Gasteiger partial charge in [0.1, 0.15) is 11.8 Å². The second kappa shape index (κ2) is 7.53. The van der Waals surface area contributed by atoms with Crippen molar-refractivity contribution in [3.8, 4) is 5.75 Å². The summed E-state index contributed by atoms with van der Waals surface area (Å²) in [4.78, 5) is 26.1. The average molecular weight is 371 g/mol. The minimum Gasteiger partial charge on any atom is -0.406 e. The van der Waals surface area contributed by atoms with Gasteiger partial charge >= 0.3 is 6.36 Å². The summed E-state index contributed by atoms with van der Waals surface area (Å²) in [6, 6.07) is 4.42. The number of amides is 2. The third-order valence-corrected chi connectivity index (χ3v) is 4.37. The Bertz CT molecular complexity index is 659. The molecule has 3 rings (SSSR count). The molecule has 0 spiro atoms. The number of nitrogens with one attached hydrogen (secondary N) is 2. The molecule has 1 aliphatic carbocycles. The standard InChI is InChI=1S/C17H20F3N3O3/c18-17(19,20)26-13-5-3-12(4-6-13)15-16(25)21-7-8-23(15)10-14(24)22-9-11-1-2-11/h3-6,11,15H,1-2,7-10H2,(H,21,25)(H,22,24)/t15-/m0/s1. The summed E-state index contributed by atoms with van der Waals surface area (Å²) in [5.74, 6) is -0.240. The lowest BCUT2D eigenvalue weighted by atomic mass is 10.0. The minimum absolute atomic E-state index is 0.0611. The van der Waals surface area contributed by atoms with Crippen molar-refractivity contribution in [1.82, 2.24) is 15.5 Å². The Kier molecular flexibility index (Phi) is 5.36. The van der Waals surface area contributed by atoms with Gasteiger partial charge in [-0.1, -0.05) is 12.1 Å². The number of hydrogen-bond acceptors (Lipinski definition) is 4. The summed E-state index contributed by atoms with van der Waals surface area (Å²) in [5.41, 5.74) is 0.506. The van der Waals surface area contributed by atoms with Crippen LogP contribution < -0.4 is 15.4 Å². The van der Waals surface area contributed by atoms with Crippen LogP contribution in [0, 0.1) is 5.92 Å². The Morgan fingerprint density at radius 2 is 1.96 bits per heavy atom. The van der Waals surface area contributed by atoms with Gasteiger partial charge in [-0.3, -0.25) is 14.5 Å². The van der Waals surface area contributed by atoms with Crippen molar-refractivity contribution in [1.29, 1.82) is 0 Å². The van der Waals surface area contributed by atoms with E-state index in [0.717, 1.165) is 25.0 Å². The molecule has 26 heavy (non-hydrogen) atoms. The van der Waals surface area contributed by atoms with E-state index >= 15 is 0 Å². The Morgan fingerprint density at radius 1 is 1.27 bits per heavy atom. The monoisotopic (exact) mass is 371 g/mol. The van der Waals surface area contributed by atoms with Crippen LogP contribution in [0.5, 0.6) is 5.75 Å². The molecule has 142 valence electrons. The zero-order valence-corrected chi connectivity index (χ0v) is 14.0. The van der Waals surface area contributed by atoms with Crippen LogP contribution in [0.1, 0.15) is 24.4 Å². The molecule has 1 saturated carbocycles. The SMILES string of the molecule is O=C(CN1CCNC(=O)[C@@H]1c1ccc(OC(F)(F)F)cc1)NCC1CC1. The number of halogens is 3. The molecule has 1 aromatic carbocycles. The van der Waals surface area contributed by atoms with Gasteiger partial charge in [-0.05, 0) is 36.5 Å². The second-order valence-corrected chi connectivity index (χ2v) is 6.53. The summed E-state index contributed by atoms with van der Waals surface area (Å²) in [5, 5.41) is 5.58. The molecule has 2 aliphatic rings. The fourth-order valence-corrected chi connectivity index (χ4v) is 2.92. The maximum Gasteiger partial charge on any atom is 0.573 e. The van der Waals surface area contributed by atoms with Crippen molar-refractivity contribution < 1.29 is 27.5 Å². The van der Waals surface area contributed by atoms with Crippen molar-refractivity contribution in [2.24, 2.45) is 5.92 Å². The molecule has 9 heteroatoms. The molecular formula is C17H20F3N3O3. The molecule has 1 heterocycles. The number of alkyl halides is 3. The van der Waals surface area contributed by atoms with Gasteiger partial charge in [0, 0.05) is 19.6 Å². The zero-order chi connectivity index (χ0) is 18.7. The highest BCUT2D eigenvalue weighted by molar-refractivity contribution is 5.85. The minimum atomic E-state index is -4.77. The number of piperazine rings is 1. The first-order valence-corrected chi connectivity index (χ1v) is 8.46. The molecule has 0 aromatic heterocycles. The van der Waals surface area contributed by atoms with Crippen LogP contribution in [0.4, 0.5) is 13.2 Å². The highest BCUT2D eigenvalue weighted by Crippen LogP contribution is 2.29. The fourth-order valence-electron chi connectivity index (χ4n) is 2.92. The Hall–Kier alpha value is -2.29. The largest absolute Gasteiger partial charge is 0.573 e. The van der Waals surface area contributed by atoms with Gasteiger partial charge in [0.2, 0.25) is 11.8 Å². The molecule has 6 nitrogen and oxygen atoms in total. The van der Waals surface area contributed by atoms with E-state index in [2.05, 4.69) is 15.4 Å². The number of rotatable bonds is 6. The van der Waals surface area contributed by atoms with E-state index in [1.165, 1.54) is 12.1 Å². The first-order valence-electron chi connectivity index (χ1n) is 8.46. The van der Waals surface area contributed by atoms with Gasteiger partial charge in [0.05, 0.1) is 6.54 Å². The first-order chi connectivity index (χ1) is 12.3. The molecular weight excluding hydrogens is 351 g/mol. The van der Waals surface area contributed by atoms with Crippen LogP contribution >= 0.6 is 0 Å². The highest BCUT2D eigenvalue weighted by atomic mass is 19.4. The summed E-state index contributed by atoms with van der Waals surface area (Å²) >= 11 is 0. The van der Waals surface area contributed by atoms with Crippen molar-refractivity contribution in [3.63, 3.8) is 0 Å². The zero-order valence-electron chi connectivity index (χ0n) is 14.0. The van der Waals surface area contributed by atoms with E-state index in [9.17, 15) is 22.8 Å². The lowest BCUT2D eigenvalue weighted by Gasteiger charge is -2.34. The van der Waals surface area contributed by atoms with Crippen LogP contribution in [0.2, 0.25) is 0 Å². The van der Waals surface area contributed by atoms with E-state index in [1.54, 1.807) is 4.90 Å². The van der Waals surface area contributed by atoms with E-state index in [4.69, 9.17) is 0 Å². The predicted molar refractivity (Wildman–Crippen MR) is 86.2 cm³/mol. The number of carbonyl (C=O) groups is 2. The molecule has 1 saturated heterocycles. The third-order valence-electron chi connectivity index (χ3n) is 4.37. The number of carbonyl (C=O) groups excluding carboxylic acids is 2. The molecule has 0 unspecified atom stereocenters. The Labute approximate surface area is 148 Å². The Balaban J connectivity index is 1.67. The maximum atomic E-state index is 12.3. The second-order valence-electron chi connectivity index (χ2n) is 6.53. The van der Waals surface area contributed by atoms with Gasteiger partial charge in [-0.2, -0.15) is 0 Å². The van der Waals surface area contributed by atoms with Crippen molar-refractivity contribution >= 4 is 11.8 Å². The molecule has 2 fully saturated rings. The normalized spacial score (nSPS) is 21.2. The highest BCUT2D eigenvalue weighted by Gasteiger charge is 2.34. The first kappa shape index (κ1) is 18.5. The van der Waals surface area contributed by atoms with Gasteiger partial charge in [-0.15, -0.1) is 13.2 Å². The van der Waals surface area contributed by atoms with E-state index in [0.29, 0.717) is 31.1 Å². The third kappa shape index (κ3) is 5.10. The molecule has 1 aliphatic heterocycles. The predicted octanol–water partition coefficient (Wildman–Crippen LogP) is 1.58. The molecule has 0 bridgehead atoms. The smallest absolute Gasteiger partial charge is 0.406 e. The summed E-state index contributed by atoms with van der Waals surface area (Å²) in [6.45, 7) is 1.60. The van der Waals surface area contributed by atoms with Gasteiger partial charge in [0.25, 0.3) is 0 Å². The lowest BCUT2D eigenvalue weighted by molar-refractivity contribution is -0.274. The number of benzene rings is 1. The maximum absolute atomic E-state index is 12.3. The van der Waals surface area contributed by atoms with E-state index in [1.807, 2.05) is 0 Å². The van der Waals surface area contributed by atoms with Crippen molar-refractivity contribution in [2.75, 3.05) is 26.2 Å². The molecule has 2 amide bonds. The number of hydrogen-bond donors (Lipinski definition) is 2. The van der Waals surface area contributed by atoms with Crippen LogP contribution in [0.3, 0.4) is 0 Å². The summed E-state index contributed by atoms with van der Waals surface area (Å²) < 4.78 is 40.6. The molecule has 1 atom stereocenters. The lowest BCUT2D eigenvalue weighted by Crippen LogP contribution is -2.52. The van der Waals surface area contributed by atoms with E-state index < -0.39 is 12.4 Å².